The Balaban J connectivity index is 1.55. The minimum atomic E-state index is -0.915. The molecule has 3 rings (SSSR count). The first-order valence-electron chi connectivity index (χ1n) is 8.35. The number of thiazole rings is 1. The first-order valence-corrected chi connectivity index (χ1v) is 9.23. The maximum absolute atomic E-state index is 11.0. The van der Waals surface area contributed by atoms with Crippen molar-refractivity contribution in [2.24, 2.45) is 5.92 Å². The molecule has 1 unspecified atom stereocenters. The molecule has 1 N–H and O–H groups in total. The van der Waals surface area contributed by atoms with Crippen LogP contribution < -0.4 is 0 Å². The number of hydrogen-bond donors (Lipinski definition) is 1. The molecule has 0 radical (unpaired) electrons. The Morgan fingerprint density at radius 2 is 2.29 bits per heavy atom. The number of hydrogen-bond acceptors (Lipinski definition) is 5. The van der Waals surface area contributed by atoms with E-state index < -0.39 is 5.97 Å². The summed E-state index contributed by atoms with van der Waals surface area (Å²) >= 11 is 1.75. The van der Waals surface area contributed by atoms with E-state index in [2.05, 4.69) is 29.1 Å². The van der Waals surface area contributed by atoms with E-state index in [1.54, 1.807) is 23.6 Å². The van der Waals surface area contributed by atoms with Gasteiger partial charge in [-0.3, -0.25) is 9.88 Å². The molecule has 0 aromatic carbocycles. The van der Waals surface area contributed by atoms with Crippen LogP contribution in [0.5, 0.6) is 0 Å². The van der Waals surface area contributed by atoms with Crippen LogP contribution in [0.1, 0.15) is 52.8 Å². The van der Waals surface area contributed by atoms with Gasteiger partial charge in [0.05, 0.1) is 17.8 Å². The first kappa shape index (κ1) is 17.0. The number of nitrogens with zero attached hydrogens (tertiary/aromatic N) is 3. The van der Waals surface area contributed by atoms with Gasteiger partial charge < -0.3 is 5.11 Å². The standard InChI is InChI=1S/C18H23N3O2S/c1-12(2)16-11-24-17(20-16)10-21-4-3-13(9-21)5-14-6-15(18(22)23)8-19-7-14/h6-8,11-13H,3-5,9-10H2,1-2H3,(H,22,23). The molecule has 128 valence electrons. The molecule has 0 spiro atoms. The van der Waals surface area contributed by atoms with Crippen molar-refractivity contribution in [2.75, 3.05) is 13.1 Å². The Hall–Kier alpha value is -1.79. The Morgan fingerprint density at radius 3 is 3.00 bits per heavy atom. The van der Waals surface area contributed by atoms with E-state index in [1.165, 1.54) is 16.9 Å². The summed E-state index contributed by atoms with van der Waals surface area (Å²) in [5, 5.41) is 12.4. The fourth-order valence-corrected chi connectivity index (χ4v) is 4.12. The molecule has 0 bridgehead atoms. The van der Waals surface area contributed by atoms with Crippen LogP contribution in [-0.4, -0.2) is 39.0 Å². The van der Waals surface area contributed by atoms with E-state index in [0.717, 1.165) is 38.0 Å². The van der Waals surface area contributed by atoms with Crippen molar-refractivity contribution >= 4 is 17.3 Å². The lowest BCUT2D eigenvalue weighted by Crippen LogP contribution is -2.20. The van der Waals surface area contributed by atoms with Crippen molar-refractivity contribution in [3.05, 3.63) is 45.7 Å². The van der Waals surface area contributed by atoms with Crippen LogP contribution in [0, 0.1) is 5.92 Å². The van der Waals surface area contributed by atoms with Crippen LogP contribution in [0.25, 0.3) is 0 Å². The number of likely N-dealkylation sites (tertiary alicyclic amines) is 1. The van der Waals surface area contributed by atoms with Gasteiger partial charge in [0.15, 0.2) is 0 Å². The van der Waals surface area contributed by atoms with Gasteiger partial charge in [-0.25, -0.2) is 9.78 Å². The van der Waals surface area contributed by atoms with E-state index in [0.29, 0.717) is 11.8 Å². The van der Waals surface area contributed by atoms with Gasteiger partial charge >= 0.3 is 5.97 Å². The van der Waals surface area contributed by atoms with Gasteiger partial charge in [0.1, 0.15) is 5.01 Å². The summed E-state index contributed by atoms with van der Waals surface area (Å²) in [6.07, 6.45) is 5.21. The highest BCUT2D eigenvalue weighted by Crippen LogP contribution is 2.24. The molecule has 1 aliphatic heterocycles. The molecule has 0 aliphatic carbocycles. The van der Waals surface area contributed by atoms with Crippen molar-refractivity contribution in [1.82, 2.24) is 14.9 Å². The smallest absolute Gasteiger partial charge is 0.337 e. The van der Waals surface area contributed by atoms with E-state index in [-0.39, 0.29) is 5.56 Å². The Bertz CT molecular complexity index is 714. The predicted octanol–water partition coefficient (Wildman–Crippen LogP) is 3.42. The molecule has 5 nitrogen and oxygen atoms in total. The molecular formula is C18H23N3O2S. The van der Waals surface area contributed by atoms with E-state index >= 15 is 0 Å². The van der Waals surface area contributed by atoms with Crippen LogP contribution in [0.4, 0.5) is 0 Å². The van der Waals surface area contributed by atoms with E-state index in [4.69, 9.17) is 10.1 Å². The number of rotatable bonds is 6. The first-order chi connectivity index (χ1) is 11.5. The van der Waals surface area contributed by atoms with Crippen molar-refractivity contribution < 1.29 is 9.90 Å². The fraction of sp³-hybridized carbons (Fsp3) is 0.500. The van der Waals surface area contributed by atoms with Gasteiger partial charge in [0.2, 0.25) is 0 Å². The second-order valence-corrected chi connectivity index (χ2v) is 7.74. The highest BCUT2D eigenvalue weighted by Gasteiger charge is 2.24. The number of carboxylic acid groups (broad SMARTS) is 1. The summed E-state index contributed by atoms with van der Waals surface area (Å²) in [4.78, 5) is 22.3. The molecule has 0 saturated carbocycles. The van der Waals surface area contributed by atoms with Crippen molar-refractivity contribution in [3.8, 4) is 0 Å². The van der Waals surface area contributed by atoms with E-state index in [9.17, 15) is 4.79 Å². The highest BCUT2D eigenvalue weighted by atomic mass is 32.1. The molecule has 1 saturated heterocycles. The third kappa shape index (κ3) is 4.19. The van der Waals surface area contributed by atoms with E-state index in [1.807, 2.05) is 0 Å². The normalized spacial score (nSPS) is 18.4. The number of aromatic nitrogens is 2. The predicted molar refractivity (Wildman–Crippen MR) is 94.5 cm³/mol. The third-order valence-corrected chi connectivity index (χ3v) is 5.31. The van der Waals surface area contributed by atoms with Gasteiger partial charge in [-0.1, -0.05) is 13.8 Å². The third-order valence-electron chi connectivity index (χ3n) is 4.46. The minimum absolute atomic E-state index is 0.270. The molecule has 24 heavy (non-hydrogen) atoms. The van der Waals surface area contributed by atoms with Crippen LogP contribution in [0.15, 0.2) is 23.8 Å². The van der Waals surface area contributed by atoms with Crippen LogP contribution in [0.3, 0.4) is 0 Å². The lowest BCUT2D eigenvalue weighted by Gasteiger charge is -2.14. The number of carbonyl (C=O) groups is 1. The Labute approximate surface area is 146 Å². The summed E-state index contributed by atoms with van der Waals surface area (Å²) in [7, 11) is 0. The molecular weight excluding hydrogens is 322 g/mol. The van der Waals surface area contributed by atoms with Crippen molar-refractivity contribution in [3.63, 3.8) is 0 Å². The lowest BCUT2D eigenvalue weighted by atomic mass is 9.99. The highest BCUT2D eigenvalue weighted by molar-refractivity contribution is 7.09. The average Bonchev–Trinajstić information content (AvgIpc) is 3.18. The Morgan fingerprint density at radius 1 is 1.46 bits per heavy atom. The summed E-state index contributed by atoms with van der Waals surface area (Å²) in [5.74, 6) is 0.123. The SMILES string of the molecule is CC(C)c1csc(CN2CCC(Cc3cncc(C(=O)O)c3)C2)n1. The molecule has 2 aromatic heterocycles. The van der Waals surface area contributed by atoms with Crippen molar-refractivity contribution in [1.29, 1.82) is 0 Å². The largest absolute Gasteiger partial charge is 0.478 e. The molecule has 0 amide bonds. The molecule has 3 heterocycles. The second kappa shape index (κ2) is 7.40. The zero-order chi connectivity index (χ0) is 17.1. The van der Waals surface area contributed by atoms with Crippen molar-refractivity contribution in [2.45, 2.75) is 39.2 Å². The topological polar surface area (TPSA) is 66.3 Å². The van der Waals surface area contributed by atoms with Gasteiger partial charge in [-0.2, -0.15) is 0 Å². The van der Waals surface area contributed by atoms with Gasteiger partial charge in [0.25, 0.3) is 0 Å². The molecule has 2 aromatic rings. The number of carboxylic acids is 1. The maximum atomic E-state index is 11.0. The monoisotopic (exact) mass is 345 g/mol. The Kier molecular flexibility index (Phi) is 5.26. The van der Waals surface area contributed by atoms with Crippen LogP contribution >= 0.6 is 11.3 Å². The molecule has 1 atom stereocenters. The molecule has 6 heteroatoms. The molecule has 1 aliphatic rings. The van der Waals surface area contributed by atoms with Gasteiger partial charge in [-0.15, -0.1) is 11.3 Å². The fourth-order valence-electron chi connectivity index (χ4n) is 3.13. The lowest BCUT2D eigenvalue weighted by molar-refractivity contribution is 0.0696. The average molecular weight is 345 g/mol. The number of aromatic carboxylic acids is 1. The summed E-state index contributed by atoms with van der Waals surface area (Å²) in [6.45, 7) is 7.37. The van der Waals surface area contributed by atoms with Gasteiger partial charge in [0, 0.05) is 24.3 Å². The minimum Gasteiger partial charge on any atom is -0.478 e. The summed E-state index contributed by atoms with van der Waals surface area (Å²) in [6, 6.07) is 1.74. The quantitative estimate of drug-likeness (QED) is 0.869. The second-order valence-electron chi connectivity index (χ2n) is 6.80. The number of pyridine rings is 1. The summed E-state index contributed by atoms with van der Waals surface area (Å²) < 4.78 is 0. The zero-order valence-corrected chi connectivity index (χ0v) is 14.9. The van der Waals surface area contributed by atoms with Gasteiger partial charge in [-0.05, 0) is 42.9 Å². The summed E-state index contributed by atoms with van der Waals surface area (Å²) in [5.41, 5.74) is 2.46. The zero-order valence-electron chi connectivity index (χ0n) is 14.1. The molecule has 1 fully saturated rings. The van der Waals surface area contributed by atoms with Crippen LogP contribution in [0.2, 0.25) is 0 Å². The maximum Gasteiger partial charge on any atom is 0.337 e. The van der Waals surface area contributed by atoms with Crippen LogP contribution in [-0.2, 0) is 13.0 Å².